The summed E-state index contributed by atoms with van der Waals surface area (Å²) < 4.78 is 5.28. The lowest BCUT2D eigenvalue weighted by Crippen LogP contribution is -2.46. The first-order chi connectivity index (χ1) is 8.68. The van der Waals surface area contributed by atoms with E-state index >= 15 is 0 Å². The van der Waals surface area contributed by atoms with Gasteiger partial charge in [0, 0.05) is 18.1 Å². The Morgan fingerprint density at radius 1 is 1.58 bits per heavy atom. The molecular weight excluding hydrogens is 284 g/mol. The van der Waals surface area contributed by atoms with Crippen molar-refractivity contribution in [1.29, 1.82) is 0 Å². The van der Waals surface area contributed by atoms with Crippen LogP contribution < -0.4 is 11.1 Å². The number of nitrogens with two attached hydrogens (primary N) is 1. The highest BCUT2D eigenvalue weighted by Gasteiger charge is 2.26. The summed E-state index contributed by atoms with van der Waals surface area (Å²) in [5.74, 6) is 0.206. The molecule has 1 fully saturated rings. The van der Waals surface area contributed by atoms with E-state index in [0.29, 0.717) is 6.54 Å². The maximum atomic E-state index is 12.0. The molecule has 2 rings (SSSR count). The minimum absolute atomic E-state index is 0. The van der Waals surface area contributed by atoms with Gasteiger partial charge in [-0.05, 0) is 42.7 Å². The van der Waals surface area contributed by atoms with Crippen molar-refractivity contribution >= 4 is 29.7 Å². The molecule has 1 amide bonds. The molecule has 1 aliphatic rings. The minimum Gasteiger partial charge on any atom is -0.381 e. The van der Waals surface area contributed by atoms with Crippen LogP contribution >= 0.6 is 23.7 Å². The number of nitrogens with one attached hydrogen (secondary N) is 1. The molecule has 1 atom stereocenters. The van der Waals surface area contributed by atoms with E-state index in [0.717, 1.165) is 26.1 Å². The Balaban J connectivity index is 0.00000180. The van der Waals surface area contributed by atoms with Crippen molar-refractivity contribution in [2.75, 3.05) is 13.2 Å². The molecule has 0 spiro atoms. The molecule has 2 heterocycles. The van der Waals surface area contributed by atoms with Gasteiger partial charge >= 0.3 is 0 Å². The van der Waals surface area contributed by atoms with E-state index < -0.39 is 6.04 Å². The molecule has 1 aliphatic heterocycles. The number of hydrogen-bond donors (Lipinski definition) is 2. The van der Waals surface area contributed by atoms with E-state index in [1.807, 2.05) is 5.38 Å². The molecule has 108 valence electrons. The fourth-order valence-corrected chi connectivity index (χ4v) is 3.01. The van der Waals surface area contributed by atoms with E-state index in [9.17, 15) is 4.79 Å². The van der Waals surface area contributed by atoms with E-state index in [4.69, 9.17) is 10.5 Å². The summed E-state index contributed by atoms with van der Waals surface area (Å²) in [4.78, 5) is 13.2. The van der Waals surface area contributed by atoms with E-state index in [1.54, 1.807) is 11.3 Å². The van der Waals surface area contributed by atoms with Gasteiger partial charge in [-0.3, -0.25) is 4.79 Å². The summed E-state index contributed by atoms with van der Waals surface area (Å²) >= 11 is 1.66. The number of hydrogen-bond acceptors (Lipinski definition) is 4. The number of carbonyl (C=O) groups is 1. The molecule has 0 bridgehead atoms. The van der Waals surface area contributed by atoms with Crippen molar-refractivity contribution < 1.29 is 9.53 Å². The van der Waals surface area contributed by atoms with Crippen LogP contribution in [0.2, 0.25) is 0 Å². The zero-order chi connectivity index (χ0) is 13.0. The molecule has 4 nitrogen and oxygen atoms in total. The van der Waals surface area contributed by atoms with Gasteiger partial charge in [-0.1, -0.05) is 0 Å². The van der Waals surface area contributed by atoms with Crippen molar-refractivity contribution in [3.8, 4) is 0 Å². The van der Waals surface area contributed by atoms with Crippen molar-refractivity contribution in [1.82, 2.24) is 5.32 Å². The lowest BCUT2D eigenvalue weighted by molar-refractivity contribution is -0.124. The number of aryl methyl sites for hydroxylation is 1. The average molecular weight is 305 g/mol. The van der Waals surface area contributed by atoms with Crippen LogP contribution in [0.15, 0.2) is 11.4 Å². The summed E-state index contributed by atoms with van der Waals surface area (Å²) in [5, 5.41) is 4.97. The fourth-order valence-electron chi connectivity index (χ4n) is 2.16. The number of amides is 1. The Morgan fingerprint density at radius 3 is 2.84 bits per heavy atom. The van der Waals surface area contributed by atoms with Crippen LogP contribution in [-0.4, -0.2) is 25.2 Å². The summed E-state index contributed by atoms with van der Waals surface area (Å²) in [5.41, 5.74) is 7.23. The predicted octanol–water partition coefficient (Wildman–Crippen LogP) is 1.85. The molecule has 6 heteroatoms. The van der Waals surface area contributed by atoms with Crippen LogP contribution in [0.4, 0.5) is 0 Å². The first kappa shape index (κ1) is 16.4. The Bertz CT molecular complexity index is 405. The zero-order valence-corrected chi connectivity index (χ0v) is 12.7. The van der Waals surface area contributed by atoms with Gasteiger partial charge in [0.05, 0.1) is 12.6 Å². The smallest absolute Gasteiger partial charge is 0.237 e. The number of carbonyl (C=O) groups excluding carboxylic acids is 1. The first-order valence-corrected chi connectivity index (χ1v) is 7.20. The summed E-state index contributed by atoms with van der Waals surface area (Å²) in [6.07, 6.45) is 1.76. The van der Waals surface area contributed by atoms with Gasteiger partial charge in [-0.25, -0.2) is 0 Å². The van der Waals surface area contributed by atoms with E-state index in [1.165, 1.54) is 10.4 Å². The maximum absolute atomic E-state index is 12.0. The molecule has 1 aromatic heterocycles. The lowest BCUT2D eigenvalue weighted by Gasteiger charge is -2.26. The second-order valence-corrected chi connectivity index (χ2v) is 5.72. The molecule has 0 aliphatic carbocycles. The molecular formula is C13H21ClN2O2S. The second-order valence-electron chi connectivity index (χ2n) is 4.72. The van der Waals surface area contributed by atoms with Crippen LogP contribution in [0.25, 0.3) is 0 Å². The van der Waals surface area contributed by atoms with Gasteiger partial charge in [0.2, 0.25) is 5.91 Å². The first-order valence-electron chi connectivity index (χ1n) is 6.32. The Labute approximate surface area is 124 Å². The van der Waals surface area contributed by atoms with Crippen molar-refractivity contribution in [3.05, 3.63) is 21.9 Å². The highest BCUT2D eigenvalue weighted by molar-refractivity contribution is 7.10. The second kappa shape index (κ2) is 7.85. The third-order valence-corrected chi connectivity index (χ3v) is 4.49. The number of rotatable bonds is 4. The molecule has 1 unspecified atom stereocenters. The highest BCUT2D eigenvalue weighted by atomic mass is 35.5. The van der Waals surface area contributed by atoms with Crippen LogP contribution in [-0.2, 0) is 16.1 Å². The van der Waals surface area contributed by atoms with Gasteiger partial charge in [-0.2, -0.15) is 0 Å². The normalized spacial score (nSPS) is 17.6. The Hall–Kier alpha value is -0.620. The third kappa shape index (κ3) is 4.45. The highest BCUT2D eigenvalue weighted by Crippen LogP contribution is 2.18. The SMILES string of the molecule is Cc1ccsc1CNC(=O)C(N)C1CCOCC1.Cl. The van der Waals surface area contributed by atoms with Gasteiger partial charge in [0.1, 0.15) is 0 Å². The molecule has 1 aromatic rings. The quantitative estimate of drug-likeness (QED) is 0.892. The zero-order valence-electron chi connectivity index (χ0n) is 11.1. The van der Waals surface area contributed by atoms with E-state index in [-0.39, 0.29) is 24.2 Å². The van der Waals surface area contributed by atoms with Crippen molar-refractivity contribution in [2.45, 2.75) is 32.4 Å². The van der Waals surface area contributed by atoms with Gasteiger partial charge in [0.15, 0.2) is 0 Å². The molecule has 19 heavy (non-hydrogen) atoms. The summed E-state index contributed by atoms with van der Waals surface area (Å²) in [6.45, 7) is 4.07. The average Bonchev–Trinajstić information content (AvgIpc) is 2.81. The Morgan fingerprint density at radius 2 is 2.26 bits per heavy atom. The largest absolute Gasteiger partial charge is 0.381 e. The van der Waals surface area contributed by atoms with Crippen LogP contribution in [0.1, 0.15) is 23.3 Å². The third-order valence-electron chi connectivity index (χ3n) is 3.47. The van der Waals surface area contributed by atoms with Crippen molar-refractivity contribution in [2.24, 2.45) is 11.7 Å². The molecule has 1 saturated heterocycles. The molecule has 0 saturated carbocycles. The number of ether oxygens (including phenoxy) is 1. The summed E-state index contributed by atoms with van der Waals surface area (Å²) in [7, 11) is 0. The molecule has 3 N–H and O–H groups in total. The standard InChI is InChI=1S/C13H20N2O2S.ClH/c1-9-4-7-18-11(9)8-15-13(16)12(14)10-2-5-17-6-3-10;/h4,7,10,12H,2-3,5-6,8,14H2,1H3,(H,15,16);1H. The van der Waals surface area contributed by atoms with Crippen LogP contribution in [0, 0.1) is 12.8 Å². The number of thiophene rings is 1. The van der Waals surface area contributed by atoms with E-state index in [2.05, 4.69) is 18.3 Å². The topological polar surface area (TPSA) is 64.4 Å². The maximum Gasteiger partial charge on any atom is 0.237 e. The van der Waals surface area contributed by atoms with Crippen LogP contribution in [0.5, 0.6) is 0 Å². The van der Waals surface area contributed by atoms with Gasteiger partial charge in [-0.15, -0.1) is 23.7 Å². The minimum atomic E-state index is -0.408. The van der Waals surface area contributed by atoms with Gasteiger partial charge < -0.3 is 15.8 Å². The van der Waals surface area contributed by atoms with Gasteiger partial charge in [0.25, 0.3) is 0 Å². The van der Waals surface area contributed by atoms with Crippen LogP contribution in [0.3, 0.4) is 0 Å². The Kier molecular flexibility index (Phi) is 6.79. The molecule has 0 radical (unpaired) electrons. The number of halogens is 1. The van der Waals surface area contributed by atoms with Crippen molar-refractivity contribution in [3.63, 3.8) is 0 Å². The predicted molar refractivity (Wildman–Crippen MR) is 79.7 cm³/mol. The lowest BCUT2D eigenvalue weighted by atomic mass is 9.92. The monoisotopic (exact) mass is 304 g/mol. The fraction of sp³-hybridized carbons (Fsp3) is 0.615. The summed E-state index contributed by atoms with van der Waals surface area (Å²) in [6, 6.07) is 1.65. The molecule has 0 aromatic carbocycles.